The van der Waals surface area contributed by atoms with Crippen LogP contribution in [0, 0.1) is 0 Å². The molecular weight excluding hydrogens is 1580 g/mol. The minimum absolute atomic E-state index is 0.127. The Labute approximate surface area is 767 Å². The molecule has 25 rings (SSSR count). The molecule has 5 aliphatic rings. The van der Waals surface area contributed by atoms with Crippen LogP contribution in [0.4, 0.5) is 34.1 Å². The number of nitrogens with zero attached hydrogens (tertiary/aromatic N) is 2. The molecule has 0 saturated heterocycles. The van der Waals surface area contributed by atoms with E-state index in [2.05, 4.69) is 510 Å². The lowest BCUT2D eigenvalue weighted by atomic mass is 9.70. The fraction of sp³-hybridized carbons (Fsp3) is 0.0388. The zero-order valence-electron chi connectivity index (χ0n) is 73.0. The van der Waals surface area contributed by atoms with E-state index in [0.717, 1.165) is 45.3 Å². The van der Waals surface area contributed by atoms with Crippen LogP contribution in [0.15, 0.2) is 486 Å². The van der Waals surface area contributed by atoms with E-state index in [-0.39, 0.29) is 5.41 Å². The number of hydrogen-bond donors (Lipinski definition) is 0. The quantitative estimate of drug-likeness (QED) is 0.101. The van der Waals surface area contributed by atoms with E-state index >= 15 is 0 Å². The molecule has 20 aromatic rings. The van der Waals surface area contributed by atoms with Crippen molar-refractivity contribution in [3.8, 4) is 134 Å². The minimum atomic E-state index is -0.487. The Hall–Kier alpha value is -16.5. The first-order chi connectivity index (χ1) is 64.6. The van der Waals surface area contributed by atoms with Crippen LogP contribution in [0.5, 0.6) is 0 Å². The largest absolute Gasteiger partial charge is 0.310 e. The van der Waals surface area contributed by atoms with Gasteiger partial charge in [-0.1, -0.05) is 403 Å². The molecule has 0 heterocycles. The molecule has 2 unspecified atom stereocenters. The van der Waals surface area contributed by atoms with Crippen LogP contribution in [-0.4, -0.2) is 0 Å². The van der Waals surface area contributed by atoms with Crippen LogP contribution < -0.4 is 9.80 Å². The average molecular weight is 1670 g/mol. The second kappa shape index (κ2) is 31.5. The number of fused-ring (bicyclic) bond motifs is 23. The third-order valence-electron chi connectivity index (χ3n) is 28.5. The first-order valence-electron chi connectivity index (χ1n) is 45.5. The highest BCUT2D eigenvalue weighted by Crippen LogP contribution is 2.66. The predicted octanol–water partition coefficient (Wildman–Crippen LogP) is 34.3. The summed E-state index contributed by atoms with van der Waals surface area (Å²) in [6, 6.07) is 175. The van der Waals surface area contributed by atoms with Crippen molar-refractivity contribution >= 4 is 46.3 Å². The Bertz CT molecular complexity index is 7840. The summed E-state index contributed by atoms with van der Waals surface area (Å²) >= 11 is 0. The van der Waals surface area contributed by atoms with Gasteiger partial charge >= 0.3 is 0 Å². The minimum Gasteiger partial charge on any atom is -0.310 e. The second-order valence-corrected chi connectivity index (χ2v) is 35.8. The molecule has 0 amide bonds. The van der Waals surface area contributed by atoms with Crippen molar-refractivity contribution in [1.29, 1.82) is 0 Å². The zero-order chi connectivity index (χ0) is 87.5. The summed E-state index contributed by atoms with van der Waals surface area (Å²) in [6.07, 6.45) is 3.86. The van der Waals surface area contributed by atoms with Gasteiger partial charge in [-0.25, -0.2) is 0 Å². The standard InChI is InChI=1S/C66H47N.C63H43N/c1-4-43-16-14-19-46(38-43)48-30-35-57-54-23-9-12-26-60(54)66(63(57)40-48)61-27-13-10-24-55(61)58-36-31-49(41-64(58)66)47-20-15-21-51(39-47)67(50-32-28-45(29-33-50)44-17-6-5-7-18-44)52-34-37-56-53-22-8-11-25-59(53)65(2,3)62(56)42-52;1-2-43-15-13-20-48(39-43)50-31-37-57-55-23-9-11-25-59(55)63(61(57)41-50)60-26-12-10-24-56(60)58-38-32-51(42-62(58)63)49-21-14-22-54(40-49)64(52-33-27-46(28-34-52)44-16-5-3-6-17-44)53-35-29-47(30-36-53)45-18-7-4-8-19-45/h4-42H,1H2,2-3H3;2-42H,1H2. The second-order valence-electron chi connectivity index (χ2n) is 35.8. The molecule has 5 aliphatic carbocycles. The Morgan fingerprint density at radius 3 is 0.718 bits per heavy atom. The van der Waals surface area contributed by atoms with Gasteiger partial charge in [-0.2, -0.15) is 0 Å². The van der Waals surface area contributed by atoms with Crippen molar-refractivity contribution in [2.24, 2.45) is 0 Å². The Kier molecular flexibility index (Phi) is 18.8. The predicted molar refractivity (Wildman–Crippen MR) is 551 cm³/mol. The molecule has 0 aromatic heterocycles. The van der Waals surface area contributed by atoms with E-state index in [4.69, 9.17) is 0 Å². The summed E-state index contributed by atoms with van der Waals surface area (Å²) in [5.74, 6) is 0. The van der Waals surface area contributed by atoms with Crippen molar-refractivity contribution in [2.75, 3.05) is 9.80 Å². The summed E-state index contributed by atoms with van der Waals surface area (Å²) < 4.78 is 0. The topological polar surface area (TPSA) is 6.48 Å². The highest BCUT2D eigenvalue weighted by atomic mass is 15.1. The number of hydrogen-bond acceptors (Lipinski definition) is 2. The molecule has 0 radical (unpaired) electrons. The Morgan fingerprint density at radius 1 is 0.160 bits per heavy atom. The lowest BCUT2D eigenvalue weighted by molar-refractivity contribution is 0.660. The van der Waals surface area contributed by atoms with E-state index in [1.165, 1.54) is 189 Å². The van der Waals surface area contributed by atoms with Crippen LogP contribution in [0.1, 0.15) is 80.6 Å². The monoisotopic (exact) mass is 1670 g/mol. The fourth-order valence-electron chi connectivity index (χ4n) is 22.4. The van der Waals surface area contributed by atoms with E-state index in [1.807, 2.05) is 12.2 Å². The summed E-state index contributed by atoms with van der Waals surface area (Å²) in [5.41, 5.74) is 50.9. The van der Waals surface area contributed by atoms with Gasteiger partial charge in [0, 0.05) is 39.5 Å². The maximum absolute atomic E-state index is 4.07. The molecule has 0 aliphatic heterocycles. The molecule has 2 heteroatoms. The van der Waals surface area contributed by atoms with Gasteiger partial charge in [-0.05, 0) is 309 Å². The van der Waals surface area contributed by atoms with Gasteiger partial charge in [-0.15, -0.1) is 0 Å². The first-order valence-corrected chi connectivity index (χ1v) is 45.5. The van der Waals surface area contributed by atoms with Gasteiger partial charge in [0.05, 0.1) is 10.8 Å². The van der Waals surface area contributed by atoms with Crippen LogP contribution >= 0.6 is 0 Å². The first kappa shape index (κ1) is 78.0. The molecule has 2 nitrogen and oxygen atoms in total. The molecular formula is C129H90N2. The highest BCUT2D eigenvalue weighted by molar-refractivity contribution is 6.01. The molecule has 0 saturated carbocycles. The number of benzene rings is 20. The third-order valence-corrected chi connectivity index (χ3v) is 28.5. The SMILES string of the molecule is C=Cc1cccc(-c2ccc3c(c2)C2(c4ccccc4-3)c3ccccc3-c3ccc(-c4cccc(N(c5ccc(-c6ccccc6)cc5)c5ccc(-c6ccccc6)cc5)c4)cc32)c1.C=Cc1cccc(-c2ccc3c(c2)C2(c4ccccc4-3)c3ccccc3-c3ccc(-c4cccc(N(c5ccc(-c6ccccc6)cc5)c5ccc6c(c5)C(C)(C)c5ccccc5-6)c4)cc32)c1. The normalized spacial score (nSPS) is 14.7. The van der Waals surface area contributed by atoms with Crippen LogP contribution in [0.3, 0.4) is 0 Å². The molecule has 131 heavy (non-hydrogen) atoms. The summed E-state index contributed by atoms with van der Waals surface area (Å²) in [5, 5.41) is 0. The Morgan fingerprint density at radius 2 is 0.382 bits per heavy atom. The van der Waals surface area contributed by atoms with E-state index in [1.54, 1.807) is 0 Å². The lowest BCUT2D eigenvalue weighted by Gasteiger charge is -2.31. The molecule has 0 N–H and O–H groups in total. The molecule has 2 spiro atoms. The summed E-state index contributed by atoms with van der Waals surface area (Å²) in [7, 11) is 0. The molecule has 0 bridgehead atoms. The number of rotatable bonds is 15. The van der Waals surface area contributed by atoms with Gasteiger partial charge < -0.3 is 9.80 Å². The van der Waals surface area contributed by atoms with Gasteiger partial charge in [0.1, 0.15) is 0 Å². The van der Waals surface area contributed by atoms with Gasteiger partial charge in [0.2, 0.25) is 0 Å². The van der Waals surface area contributed by atoms with Crippen molar-refractivity contribution < 1.29 is 0 Å². The molecule has 2 atom stereocenters. The number of anilines is 6. The van der Waals surface area contributed by atoms with Crippen molar-refractivity contribution in [1.82, 2.24) is 0 Å². The maximum Gasteiger partial charge on any atom is 0.0725 e. The zero-order valence-corrected chi connectivity index (χ0v) is 73.0. The smallest absolute Gasteiger partial charge is 0.0725 e. The highest BCUT2D eigenvalue weighted by Gasteiger charge is 2.54. The summed E-state index contributed by atoms with van der Waals surface area (Å²) in [4.78, 5) is 4.82. The molecule has 616 valence electrons. The fourth-order valence-corrected chi connectivity index (χ4v) is 22.4. The van der Waals surface area contributed by atoms with E-state index in [0.29, 0.717) is 0 Å². The van der Waals surface area contributed by atoms with E-state index in [9.17, 15) is 0 Å². The van der Waals surface area contributed by atoms with Gasteiger partial charge in [-0.3, -0.25) is 0 Å². The maximum atomic E-state index is 4.07. The summed E-state index contributed by atoms with van der Waals surface area (Å²) in [6.45, 7) is 12.9. The van der Waals surface area contributed by atoms with Crippen molar-refractivity contribution in [2.45, 2.75) is 30.1 Å². The van der Waals surface area contributed by atoms with E-state index < -0.39 is 10.8 Å². The average Bonchev–Trinajstić information content (AvgIpc) is 1.51. The molecule has 0 fully saturated rings. The molecule has 20 aromatic carbocycles. The van der Waals surface area contributed by atoms with Crippen LogP contribution in [0.25, 0.3) is 146 Å². The van der Waals surface area contributed by atoms with Crippen molar-refractivity contribution in [3.63, 3.8) is 0 Å². The van der Waals surface area contributed by atoms with Crippen molar-refractivity contribution in [3.05, 3.63) is 553 Å². The lowest BCUT2D eigenvalue weighted by Crippen LogP contribution is -2.26. The van der Waals surface area contributed by atoms with Crippen LogP contribution in [-0.2, 0) is 16.2 Å². The Balaban J connectivity index is 0.000000145. The third kappa shape index (κ3) is 12.7. The van der Waals surface area contributed by atoms with Crippen LogP contribution in [0.2, 0.25) is 0 Å². The van der Waals surface area contributed by atoms with Gasteiger partial charge in [0.15, 0.2) is 0 Å². The van der Waals surface area contributed by atoms with Gasteiger partial charge in [0.25, 0.3) is 0 Å².